The van der Waals surface area contributed by atoms with E-state index in [1.807, 2.05) is 56.3 Å². The lowest BCUT2D eigenvalue weighted by Gasteiger charge is -2.13. The van der Waals surface area contributed by atoms with E-state index < -0.39 is 0 Å². The second-order valence-corrected chi connectivity index (χ2v) is 8.04. The van der Waals surface area contributed by atoms with Crippen molar-refractivity contribution in [3.05, 3.63) is 59.2 Å². The smallest absolute Gasteiger partial charge is 0.323 e. The summed E-state index contributed by atoms with van der Waals surface area (Å²) in [6, 6.07) is 12.9. The number of carbonyl (C=O) groups excluding carboxylic acids is 1. The summed E-state index contributed by atoms with van der Waals surface area (Å²) in [6.07, 6.45) is 1.47. The first-order chi connectivity index (χ1) is 14.5. The molecule has 7 nitrogen and oxygen atoms in total. The van der Waals surface area contributed by atoms with Gasteiger partial charge in [0.1, 0.15) is 22.7 Å². The van der Waals surface area contributed by atoms with E-state index in [9.17, 15) is 4.79 Å². The Labute approximate surface area is 177 Å². The van der Waals surface area contributed by atoms with Gasteiger partial charge in [0.05, 0.1) is 18.2 Å². The summed E-state index contributed by atoms with van der Waals surface area (Å²) in [5.41, 5.74) is 10.4. The van der Waals surface area contributed by atoms with Crippen LogP contribution in [0.2, 0.25) is 0 Å². The van der Waals surface area contributed by atoms with Crippen LogP contribution in [0.5, 0.6) is 5.75 Å². The van der Waals surface area contributed by atoms with Crippen molar-refractivity contribution in [2.24, 2.45) is 0 Å². The quantitative estimate of drug-likeness (QED) is 0.421. The van der Waals surface area contributed by atoms with Crippen LogP contribution in [-0.4, -0.2) is 23.1 Å². The topological polar surface area (TPSA) is 102 Å². The summed E-state index contributed by atoms with van der Waals surface area (Å²) in [5, 5.41) is 6.51. The van der Waals surface area contributed by atoms with Crippen LogP contribution in [0.3, 0.4) is 0 Å². The van der Waals surface area contributed by atoms with Crippen molar-refractivity contribution in [3.8, 4) is 16.9 Å². The van der Waals surface area contributed by atoms with Crippen LogP contribution >= 0.6 is 11.3 Å². The molecule has 152 valence electrons. The van der Waals surface area contributed by atoms with Gasteiger partial charge in [-0.2, -0.15) is 0 Å². The SMILES string of the molecule is COc1cc(-c2c(C)sc3ncnc(N)c23)ccc1NC(=O)Nc1cccc(C)c1. The van der Waals surface area contributed by atoms with Crippen LogP contribution in [0, 0.1) is 13.8 Å². The van der Waals surface area contributed by atoms with Crippen LogP contribution in [0.1, 0.15) is 10.4 Å². The lowest BCUT2D eigenvalue weighted by molar-refractivity contribution is 0.262. The number of hydrogen-bond acceptors (Lipinski definition) is 6. The molecule has 4 aromatic rings. The van der Waals surface area contributed by atoms with E-state index in [0.29, 0.717) is 17.3 Å². The van der Waals surface area contributed by atoms with E-state index >= 15 is 0 Å². The number of fused-ring (bicyclic) bond motifs is 1. The molecule has 0 saturated carbocycles. The van der Waals surface area contributed by atoms with E-state index in [1.165, 1.54) is 6.33 Å². The maximum Gasteiger partial charge on any atom is 0.323 e. The number of amides is 2. The lowest BCUT2D eigenvalue weighted by atomic mass is 10.0. The molecule has 2 aromatic carbocycles. The first-order valence-corrected chi connectivity index (χ1v) is 10.1. The summed E-state index contributed by atoms with van der Waals surface area (Å²) in [6.45, 7) is 3.99. The van der Waals surface area contributed by atoms with Gasteiger partial charge in [-0.05, 0) is 49.2 Å². The van der Waals surface area contributed by atoms with Gasteiger partial charge in [0.15, 0.2) is 0 Å². The Kier molecular flexibility index (Phi) is 5.24. The second kappa shape index (κ2) is 8.00. The molecule has 8 heteroatoms. The molecule has 0 aliphatic heterocycles. The van der Waals surface area contributed by atoms with Crippen molar-refractivity contribution in [1.82, 2.24) is 9.97 Å². The first kappa shape index (κ1) is 19.7. The molecule has 0 atom stereocenters. The number of aromatic nitrogens is 2. The third kappa shape index (κ3) is 3.77. The van der Waals surface area contributed by atoms with E-state index in [4.69, 9.17) is 10.5 Å². The maximum atomic E-state index is 12.4. The number of benzene rings is 2. The predicted octanol–water partition coefficient (Wildman–Crippen LogP) is 5.21. The molecule has 0 bridgehead atoms. The predicted molar refractivity (Wildman–Crippen MR) is 122 cm³/mol. The average molecular weight is 420 g/mol. The van der Waals surface area contributed by atoms with Gasteiger partial charge in [0, 0.05) is 16.1 Å². The van der Waals surface area contributed by atoms with Gasteiger partial charge in [-0.25, -0.2) is 14.8 Å². The minimum atomic E-state index is -0.346. The van der Waals surface area contributed by atoms with E-state index in [-0.39, 0.29) is 6.03 Å². The number of rotatable bonds is 4. The Morgan fingerprint density at radius 2 is 1.93 bits per heavy atom. The molecule has 0 aliphatic rings. The van der Waals surface area contributed by atoms with Crippen molar-refractivity contribution in [2.45, 2.75) is 13.8 Å². The van der Waals surface area contributed by atoms with Crippen LogP contribution < -0.4 is 21.1 Å². The fourth-order valence-corrected chi connectivity index (χ4v) is 4.39. The molecular formula is C22H21N5O2S. The number of hydrogen-bond donors (Lipinski definition) is 3. The zero-order valence-corrected chi connectivity index (χ0v) is 17.6. The molecule has 0 fully saturated rings. The van der Waals surface area contributed by atoms with Crippen LogP contribution in [-0.2, 0) is 0 Å². The van der Waals surface area contributed by atoms with E-state index in [1.54, 1.807) is 18.4 Å². The highest BCUT2D eigenvalue weighted by Crippen LogP contribution is 2.41. The summed E-state index contributed by atoms with van der Waals surface area (Å²) in [5.74, 6) is 0.985. The molecule has 2 heterocycles. The molecule has 2 amide bonds. The molecule has 2 aromatic heterocycles. The summed E-state index contributed by atoms with van der Waals surface area (Å²) in [7, 11) is 1.57. The largest absolute Gasteiger partial charge is 0.495 e. The first-order valence-electron chi connectivity index (χ1n) is 9.29. The highest BCUT2D eigenvalue weighted by Gasteiger charge is 2.17. The van der Waals surface area contributed by atoms with Crippen molar-refractivity contribution in [1.29, 1.82) is 0 Å². The Hall–Kier alpha value is -3.65. The molecule has 4 rings (SSSR count). The lowest BCUT2D eigenvalue weighted by Crippen LogP contribution is -2.19. The number of ether oxygens (including phenoxy) is 1. The zero-order valence-electron chi connectivity index (χ0n) is 16.8. The molecule has 0 radical (unpaired) electrons. The Bertz CT molecular complexity index is 1250. The van der Waals surface area contributed by atoms with Crippen LogP contribution in [0.15, 0.2) is 48.8 Å². The normalized spacial score (nSPS) is 10.8. The van der Waals surface area contributed by atoms with Gasteiger partial charge in [0.2, 0.25) is 0 Å². The Morgan fingerprint density at radius 1 is 1.10 bits per heavy atom. The van der Waals surface area contributed by atoms with Gasteiger partial charge in [-0.15, -0.1) is 11.3 Å². The number of nitrogens with two attached hydrogens (primary N) is 1. The van der Waals surface area contributed by atoms with E-state index in [0.717, 1.165) is 37.5 Å². The third-order valence-electron chi connectivity index (χ3n) is 4.71. The molecule has 4 N–H and O–H groups in total. The fraction of sp³-hybridized carbons (Fsp3) is 0.136. The van der Waals surface area contributed by atoms with Gasteiger partial charge < -0.3 is 21.1 Å². The number of nitrogens with one attached hydrogen (secondary N) is 2. The third-order valence-corrected chi connectivity index (χ3v) is 5.72. The highest BCUT2D eigenvalue weighted by atomic mass is 32.1. The van der Waals surface area contributed by atoms with E-state index in [2.05, 4.69) is 20.6 Å². The maximum absolute atomic E-state index is 12.4. The number of thiophene rings is 1. The summed E-state index contributed by atoms with van der Waals surface area (Å²) >= 11 is 1.57. The fourth-order valence-electron chi connectivity index (χ4n) is 3.37. The molecule has 0 unspecified atom stereocenters. The number of nitrogens with zero attached hydrogens (tertiary/aromatic N) is 2. The Balaban J connectivity index is 1.64. The highest BCUT2D eigenvalue weighted by molar-refractivity contribution is 7.19. The molecular weight excluding hydrogens is 398 g/mol. The number of nitrogen functional groups attached to an aromatic ring is 1. The molecule has 0 saturated heterocycles. The van der Waals surface area contributed by atoms with Gasteiger partial charge >= 0.3 is 6.03 Å². The summed E-state index contributed by atoms with van der Waals surface area (Å²) in [4.78, 5) is 22.8. The molecule has 0 spiro atoms. The minimum Gasteiger partial charge on any atom is -0.495 e. The van der Waals surface area contributed by atoms with Gasteiger partial charge in [-0.1, -0.05) is 18.2 Å². The standard InChI is InChI=1S/C22H21N5O2S/c1-12-5-4-6-15(9-12)26-22(28)27-16-8-7-14(10-17(16)29-3)18-13(2)30-21-19(18)20(23)24-11-25-21/h4-11H,1-3H3,(H2,23,24,25)(H2,26,27,28). The van der Waals surface area contributed by atoms with Crippen molar-refractivity contribution in [3.63, 3.8) is 0 Å². The number of urea groups is 1. The van der Waals surface area contributed by atoms with Crippen molar-refractivity contribution >= 4 is 44.8 Å². The van der Waals surface area contributed by atoms with Crippen molar-refractivity contribution in [2.75, 3.05) is 23.5 Å². The van der Waals surface area contributed by atoms with Crippen molar-refractivity contribution < 1.29 is 9.53 Å². The van der Waals surface area contributed by atoms with Gasteiger partial charge in [-0.3, -0.25) is 0 Å². The number of aryl methyl sites for hydroxylation is 2. The van der Waals surface area contributed by atoms with Crippen LogP contribution in [0.4, 0.5) is 22.0 Å². The monoisotopic (exact) mass is 419 g/mol. The van der Waals surface area contributed by atoms with Crippen LogP contribution in [0.25, 0.3) is 21.3 Å². The second-order valence-electron chi connectivity index (χ2n) is 6.84. The number of methoxy groups -OCH3 is 1. The molecule has 30 heavy (non-hydrogen) atoms. The zero-order chi connectivity index (χ0) is 21.3. The minimum absolute atomic E-state index is 0.346. The van der Waals surface area contributed by atoms with Gasteiger partial charge in [0.25, 0.3) is 0 Å². The molecule has 0 aliphatic carbocycles. The number of carbonyl (C=O) groups is 1. The average Bonchev–Trinajstić information content (AvgIpc) is 3.05. The Morgan fingerprint density at radius 3 is 2.70 bits per heavy atom. The summed E-state index contributed by atoms with van der Waals surface area (Å²) < 4.78 is 5.53. The number of anilines is 3.